The second-order valence-electron chi connectivity index (χ2n) is 8.81. The summed E-state index contributed by atoms with van der Waals surface area (Å²) >= 11 is 0. The van der Waals surface area contributed by atoms with Crippen LogP contribution in [-0.2, 0) is 11.2 Å². The number of nitrogens with zero attached hydrogens (tertiary/aromatic N) is 3. The molecule has 2 aromatic rings. The number of amides is 1. The molecule has 1 aromatic heterocycles. The van der Waals surface area contributed by atoms with E-state index in [4.69, 9.17) is 0 Å². The lowest BCUT2D eigenvalue weighted by Crippen LogP contribution is -2.51. The van der Waals surface area contributed by atoms with E-state index in [0.29, 0.717) is 18.4 Å². The van der Waals surface area contributed by atoms with Crippen molar-refractivity contribution in [3.8, 4) is 5.69 Å². The van der Waals surface area contributed by atoms with Crippen molar-refractivity contribution < 1.29 is 4.79 Å². The minimum atomic E-state index is 0.181. The molecule has 5 heteroatoms. The second kappa shape index (κ2) is 9.12. The van der Waals surface area contributed by atoms with Crippen molar-refractivity contribution in [3.63, 3.8) is 0 Å². The average molecular weight is 395 g/mol. The number of piperidine rings is 2. The number of rotatable bonds is 6. The van der Waals surface area contributed by atoms with Crippen molar-refractivity contribution in [3.05, 3.63) is 47.3 Å². The maximum Gasteiger partial charge on any atom is 0.220 e. The molecule has 29 heavy (non-hydrogen) atoms. The molecule has 5 nitrogen and oxygen atoms in total. The molecule has 2 fully saturated rings. The van der Waals surface area contributed by atoms with Crippen LogP contribution in [0, 0.1) is 19.8 Å². The summed E-state index contributed by atoms with van der Waals surface area (Å²) in [5, 5.41) is 7.75. The normalized spacial score (nSPS) is 22.3. The molecule has 0 radical (unpaired) electrons. The van der Waals surface area contributed by atoms with Crippen molar-refractivity contribution in [2.75, 3.05) is 19.6 Å². The number of hydrogen-bond acceptors (Lipinski definition) is 3. The van der Waals surface area contributed by atoms with Crippen LogP contribution in [0.2, 0.25) is 0 Å². The predicted molar refractivity (Wildman–Crippen MR) is 116 cm³/mol. The summed E-state index contributed by atoms with van der Waals surface area (Å²) in [4.78, 5) is 15.1. The Balaban J connectivity index is 1.25. The number of aryl methyl sites for hydroxylation is 3. The summed E-state index contributed by atoms with van der Waals surface area (Å²) in [6.07, 6.45) is 7.87. The fourth-order valence-electron chi connectivity index (χ4n) is 5.10. The summed E-state index contributed by atoms with van der Waals surface area (Å²) in [7, 11) is 0. The van der Waals surface area contributed by atoms with E-state index in [1.165, 1.54) is 50.8 Å². The first kappa shape index (κ1) is 20.1. The third kappa shape index (κ3) is 4.89. The van der Waals surface area contributed by atoms with E-state index in [-0.39, 0.29) is 5.91 Å². The zero-order valence-corrected chi connectivity index (χ0v) is 17.9. The number of carbonyl (C=O) groups is 1. The van der Waals surface area contributed by atoms with Gasteiger partial charge < -0.3 is 10.2 Å². The number of aromatic nitrogens is 2. The van der Waals surface area contributed by atoms with Crippen LogP contribution < -0.4 is 5.32 Å². The Morgan fingerprint density at radius 2 is 1.90 bits per heavy atom. The van der Waals surface area contributed by atoms with Gasteiger partial charge in [0.15, 0.2) is 0 Å². The quantitative estimate of drug-likeness (QED) is 0.811. The monoisotopic (exact) mass is 394 g/mol. The standard InChI is InChI=1S/C24H34N4O/c1-18-16-19(2)28(26-18)22-11-8-20(9-12-22)10-13-24(29)25-17-21-6-5-15-27-14-4-3-7-23(21)27/h8-9,11-12,16,21,23H,3-7,10,13-15,17H2,1-2H3,(H,25,29)/t21-,23-/m0/s1. The highest BCUT2D eigenvalue weighted by atomic mass is 16.1. The summed E-state index contributed by atoms with van der Waals surface area (Å²) < 4.78 is 1.96. The van der Waals surface area contributed by atoms with E-state index in [1.54, 1.807) is 0 Å². The smallest absolute Gasteiger partial charge is 0.220 e. The zero-order chi connectivity index (χ0) is 20.2. The summed E-state index contributed by atoms with van der Waals surface area (Å²) in [6.45, 7) is 7.43. The van der Waals surface area contributed by atoms with Crippen LogP contribution in [0.25, 0.3) is 5.69 Å². The predicted octanol–water partition coefficient (Wildman–Crippen LogP) is 3.80. The van der Waals surface area contributed by atoms with Gasteiger partial charge in [-0.15, -0.1) is 0 Å². The molecule has 2 aliphatic heterocycles. The van der Waals surface area contributed by atoms with Gasteiger partial charge in [0.2, 0.25) is 5.91 Å². The van der Waals surface area contributed by atoms with Gasteiger partial charge >= 0.3 is 0 Å². The van der Waals surface area contributed by atoms with E-state index >= 15 is 0 Å². The maximum atomic E-state index is 12.4. The topological polar surface area (TPSA) is 50.2 Å². The van der Waals surface area contributed by atoms with Gasteiger partial charge in [-0.1, -0.05) is 18.6 Å². The van der Waals surface area contributed by atoms with E-state index in [1.807, 2.05) is 11.6 Å². The van der Waals surface area contributed by atoms with Gasteiger partial charge in [0.05, 0.1) is 11.4 Å². The van der Waals surface area contributed by atoms with Gasteiger partial charge in [0.25, 0.3) is 0 Å². The van der Waals surface area contributed by atoms with Crippen LogP contribution in [0.15, 0.2) is 30.3 Å². The van der Waals surface area contributed by atoms with Gasteiger partial charge in [-0.25, -0.2) is 4.68 Å². The van der Waals surface area contributed by atoms with Gasteiger partial charge in [-0.3, -0.25) is 4.79 Å². The lowest BCUT2D eigenvalue weighted by atomic mass is 9.83. The van der Waals surface area contributed by atoms with Crippen LogP contribution in [0.4, 0.5) is 0 Å². The summed E-state index contributed by atoms with van der Waals surface area (Å²) in [6, 6.07) is 11.2. The average Bonchev–Trinajstić information content (AvgIpc) is 3.09. The van der Waals surface area contributed by atoms with E-state index in [0.717, 1.165) is 30.0 Å². The first-order chi connectivity index (χ1) is 14.1. The highest BCUT2D eigenvalue weighted by Gasteiger charge is 2.32. The molecule has 2 atom stereocenters. The Kier molecular flexibility index (Phi) is 6.34. The van der Waals surface area contributed by atoms with Gasteiger partial charge in [-0.2, -0.15) is 5.10 Å². The highest BCUT2D eigenvalue weighted by Crippen LogP contribution is 2.30. The van der Waals surface area contributed by atoms with Gasteiger partial charge in [0.1, 0.15) is 0 Å². The molecule has 3 heterocycles. The van der Waals surface area contributed by atoms with E-state index < -0.39 is 0 Å². The van der Waals surface area contributed by atoms with E-state index in [9.17, 15) is 4.79 Å². The highest BCUT2D eigenvalue weighted by molar-refractivity contribution is 5.76. The molecule has 156 valence electrons. The lowest BCUT2D eigenvalue weighted by molar-refractivity contribution is -0.121. The van der Waals surface area contributed by atoms with Crippen molar-refractivity contribution in [2.24, 2.45) is 5.92 Å². The molecule has 2 saturated heterocycles. The molecule has 0 unspecified atom stereocenters. The molecule has 4 rings (SSSR count). The molecule has 1 N–H and O–H groups in total. The molecular weight excluding hydrogens is 360 g/mol. The number of hydrogen-bond donors (Lipinski definition) is 1. The Morgan fingerprint density at radius 1 is 1.10 bits per heavy atom. The van der Waals surface area contributed by atoms with Crippen molar-refractivity contribution >= 4 is 5.91 Å². The molecule has 1 aromatic carbocycles. The molecule has 0 saturated carbocycles. The second-order valence-corrected chi connectivity index (χ2v) is 8.81. The first-order valence-electron chi connectivity index (χ1n) is 11.2. The third-order valence-corrected chi connectivity index (χ3v) is 6.62. The lowest BCUT2D eigenvalue weighted by Gasteiger charge is -2.44. The van der Waals surface area contributed by atoms with Crippen molar-refractivity contribution in [1.82, 2.24) is 20.0 Å². The minimum absolute atomic E-state index is 0.181. The zero-order valence-electron chi connectivity index (χ0n) is 17.9. The molecule has 0 spiro atoms. The fraction of sp³-hybridized carbons (Fsp3) is 0.583. The van der Waals surface area contributed by atoms with Crippen LogP contribution in [0.1, 0.15) is 55.5 Å². The number of fused-ring (bicyclic) bond motifs is 1. The summed E-state index contributed by atoms with van der Waals surface area (Å²) in [5.74, 6) is 0.814. The largest absolute Gasteiger partial charge is 0.356 e. The van der Waals surface area contributed by atoms with Crippen LogP contribution in [-0.4, -0.2) is 46.3 Å². The maximum absolute atomic E-state index is 12.4. The molecular formula is C24H34N4O. The number of benzene rings is 1. The fourth-order valence-corrected chi connectivity index (χ4v) is 5.10. The van der Waals surface area contributed by atoms with Gasteiger partial charge in [0, 0.05) is 24.7 Å². The van der Waals surface area contributed by atoms with Crippen molar-refractivity contribution in [2.45, 2.75) is 64.8 Å². The van der Waals surface area contributed by atoms with Crippen LogP contribution in [0.3, 0.4) is 0 Å². The van der Waals surface area contributed by atoms with Crippen molar-refractivity contribution in [1.29, 1.82) is 0 Å². The van der Waals surface area contributed by atoms with E-state index in [2.05, 4.69) is 52.6 Å². The molecule has 0 bridgehead atoms. The Hall–Kier alpha value is -2.14. The number of nitrogens with one attached hydrogen (secondary N) is 1. The molecule has 2 aliphatic rings. The van der Waals surface area contributed by atoms with Gasteiger partial charge in [-0.05, 0) is 88.7 Å². The summed E-state index contributed by atoms with van der Waals surface area (Å²) in [5.41, 5.74) is 4.42. The van der Waals surface area contributed by atoms with Crippen LogP contribution >= 0.6 is 0 Å². The van der Waals surface area contributed by atoms with Crippen LogP contribution in [0.5, 0.6) is 0 Å². The number of carbonyl (C=O) groups excluding carboxylic acids is 1. The third-order valence-electron chi connectivity index (χ3n) is 6.62. The Bertz CT molecular complexity index is 824. The Labute approximate surface area is 174 Å². The molecule has 1 amide bonds. The Morgan fingerprint density at radius 3 is 2.66 bits per heavy atom. The minimum Gasteiger partial charge on any atom is -0.356 e. The SMILES string of the molecule is Cc1cc(C)n(-c2ccc(CCC(=O)NC[C@@H]3CCCN4CCCC[C@@H]34)cc2)n1. The first-order valence-corrected chi connectivity index (χ1v) is 11.2. The molecule has 0 aliphatic carbocycles.